The zero-order chi connectivity index (χ0) is 16.1. The van der Waals surface area contributed by atoms with E-state index in [9.17, 15) is 13.2 Å². The molecule has 1 N–H and O–H groups in total. The first-order valence-electron chi connectivity index (χ1n) is 8.06. The molecule has 0 aromatic heterocycles. The van der Waals surface area contributed by atoms with Gasteiger partial charge in [-0.3, -0.25) is 9.35 Å². The maximum absolute atomic E-state index is 11.8. The van der Waals surface area contributed by atoms with Crippen molar-refractivity contribution in [3.63, 3.8) is 0 Å². The van der Waals surface area contributed by atoms with Crippen LogP contribution in [-0.2, 0) is 14.9 Å². The van der Waals surface area contributed by atoms with Gasteiger partial charge in [-0.25, -0.2) is 0 Å². The predicted molar refractivity (Wildman–Crippen MR) is 85.9 cm³/mol. The third-order valence-corrected chi connectivity index (χ3v) is 4.37. The van der Waals surface area contributed by atoms with E-state index in [1.165, 1.54) is 32.1 Å². The minimum absolute atomic E-state index is 0.121. The molecule has 0 spiro atoms. The highest BCUT2D eigenvalue weighted by Gasteiger charge is 2.09. The van der Waals surface area contributed by atoms with Crippen LogP contribution >= 0.6 is 0 Å². The van der Waals surface area contributed by atoms with Gasteiger partial charge in [0.1, 0.15) is 0 Å². The molecule has 5 nitrogen and oxygen atoms in total. The van der Waals surface area contributed by atoms with Crippen molar-refractivity contribution in [2.24, 2.45) is 0 Å². The molecule has 0 aliphatic rings. The zero-order valence-corrected chi connectivity index (χ0v) is 14.3. The van der Waals surface area contributed by atoms with Gasteiger partial charge in [0.25, 0.3) is 10.1 Å². The predicted octanol–water partition coefficient (Wildman–Crippen LogP) is 3.25. The van der Waals surface area contributed by atoms with E-state index in [1.54, 1.807) is 11.9 Å². The van der Waals surface area contributed by atoms with Crippen molar-refractivity contribution in [1.29, 1.82) is 0 Å². The second kappa shape index (κ2) is 12.0. The third-order valence-electron chi connectivity index (χ3n) is 3.57. The van der Waals surface area contributed by atoms with E-state index in [4.69, 9.17) is 4.55 Å². The van der Waals surface area contributed by atoms with Crippen molar-refractivity contribution in [2.75, 3.05) is 19.3 Å². The molecule has 0 rings (SSSR count). The molecule has 0 radical (unpaired) electrons. The molecule has 0 fully saturated rings. The van der Waals surface area contributed by atoms with E-state index in [1.807, 2.05) is 0 Å². The van der Waals surface area contributed by atoms with E-state index in [0.29, 0.717) is 25.8 Å². The average molecular weight is 321 g/mol. The van der Waals surface area contributed by atoms with Gasteiger partial charge >= 0.3 is 0 Å². The summed E-state index contributed by atoms with van der Waals surface area (Å²) in [5.41, 5.74) is 0. The molecule has 0 aromatic carbocycles. The van der Waals surface area contributed by atoms with Crippen molar-refractivity contribution in [1.82, 2.24) is 4.90 Å². The van der Waals surface area contributed by atoms with Crippen LogP contribution in [0.1, 0.15) is 71.1 Å². The van der Waals surface area contributed by atoms with E-state index < -0.39 is 10.1 Å². The summed E-state index contributed by atoms with van der Waals surface area (Å²) < 4.78 is 29.7. The summed E-state index contributed by atoms with van der Waals surface area (Å²) in [6.45, 7) is 2.75. The summed E-state index contributed by atoms with van der Waals surface area (Å²) in [5.74, 6) is -0.109. The molecule has 0 heterocycles. The zero-order valence-electron chi connectivity index (χ0n) is 13.5. The Morgan fingerprint density at radius 1 is 0.952 bits per heavy atom. The first-order chi connectivity index (χ1) is 9.87. The number of carbonyl (C=O) groups is 1. The molecule has 0 aliphatic carbocycles. The number of hydrogen-bond acceptors (Lipinski definition) is 3. The first kappa shape index (κ1) is 20.4. The van der Waals surface area contributed by atoms with Crippen LogP contribution in [-0.4, -0.2) is 43.1 Å². The van der Waals surface area contributed by atoms with Crippen LogP contribution in [0.25, 0.3) is 0 Å². The van der Waals surface area contributed by atoms with Gasteiger partial charge in [0.05, 0.1) is 5.75 Å². The summed E-state index contributed by atoms with van der Waals surface area (Å²) in [4.78, 5) is 13.5. The van der Waals surface area contributed by atoms with Gasteiger partial charge in [0, 0.05) is 20.0 Å². The van der Waals surface area contributed by atoms with E-state index in [0.717, 1.165) is 12.8 Å². The molecule has 126 valence electrons. The maximum Gasteiger partial charge on any atom is 0.264 e. The molecular formula is C15H31NO4S. The highest BCUT2D eigenvalue weighted by atomic mass is 32.2. The van der Waals surface area contributed by atoms with Crippen molar-refractivity contribution >= 4 is 16.0 Å². The van der Waals surface area contributed by atoms with Gasteiger partial charge in [-0.15, -0.1) is 0 Å². The fourth-order valence-corrected chi connectivity index (χ4v) is 2.75. The Labute approximate surface area is 129 Å². The summed E-state index contributed by atoms with van der Waals surface area (Å²) in [6, 6.07) is 0. The van der Waals surface area contributed by atoms with Crippen LogP contribution in [0.5, 0.6) is 0 Å². The lowest BCUT2D eigenvalue weighted by atomic mass is 10.1. The molecule has 6 heteroatoms. The van der Waals surface area contributed by atoms with Crippen LogP contribution in [0.2, 0.25) is 0 Å². The van der Waals surface area contributed by atoms with Gasteiger partial charge in [-0.2, -0.15) is 8.42 Å². The van der Waals surface area contributed by atoms with Crippen molar-refractivity contribution in [2.45, 2.75) is 71.1 Å². The minimum Gasteiger partial charge on any atom is -0.346 e. The van der Waals surface area contributed by atoms with Gasteiger partial charge in [-0.05, 0) is 19.3 Å². The summed E-state index contributed by atoms with van der Waals surface area (Å²) in [7, 11) is -2.13. The maximum atomic E-state index is 11.8. The van der Waals surface area contributed by atoms with E-state index in [2.05, 4.69) is 6.92 Å². The number of amides is 1. The SMILES string of the molecule is CCCCCCCCCC(=O)N(C)CCCCS(=O)(=O)O. The Morgan fingerprint density at radius 2 is 1.52 bits per heavy atom. The molecule has 1 amide bonds. The monoisotopic (exact) mass is 321 g/mol. The fraction of sp³-hybridized carbons (Fsp3) is 0.933. The van der Waals surface area contributed by atoms with Crippen molar-refractivity contribution < 1.29 is 17.8 Å². The van der Waals surface area contributed by atoms with Gasteiger partial charge in [0.15, 0.2) is 0 Å². The van der Waals surface area contributed by atoms with Crippen LogP contribution in [0.3, 0.4) is 0 Å². The van der Waals surface area contributed by atoms with Crippen LogP contribution < -0.4 is 0 Å². The second-order valence-corrected chi connectivity index (χ2v) is 7.25. The van der Waals surface area contributed by atoms with E-state index in [-0.39, 0.29) is 11.7 Å². The Balaban J connectivity index is 3.53. The summed E-state index contributed by atoms with van der Waals surface area (Å²) in [6.07, 6.45) is 9.88. The number of rotatable bonds is 13. The van der Waals surface area contributed by atoms with Gasteiger partial charge < -0.3 is 4.90 Å². The quantitative estimate of drug-likeness (QED) is 0.417. The topological polar surface area (TPSA) is 74.7 Å². The highest BCUT2D eigenvalue weighted by molar-refractivity contribution is 7.85. The molecule has 0 aromatic rings. The molecule has 0 saturated carbocycles. The molecule has 0 bridgehead atoms. The van der Waals surface area contributed by atoms with Gasteiger partial charge in [0.2, 0.25) is 5.91 Å². The molecule has 0 unspecified atom stereocenters. The standard InChI is InChI=1S/C15H31NO4S/c1-3-4-5-6-7-8-9-12-15(17)16(2)13-10-11-14-21(18,19)20/h3-14H2,1-2H3,(H,18,19,20). The number of nitrogens with zero attached hydrogens (tertiary/aromatic N) is 1. The van der Waals surface area contributed by atoms with Crippen LogP contribution in [0.15, 0.2) is 0 Å². The largest absolute Gasteiger partial charge is 0.346 e. The molecule has 0 saturated heterocycles. The lowest BCUT2D eigenvalue weighted by Gasteiger charge is -2.16. The highest BCUT2D eigenvalue weighted by Crippen LogP contribution is 2.09. The Bertz CT molecular complexity index is 368. The average Bonchev–Trinajstić information content (AvgIpc) is 2.41. The fourth-order valence-electron chi connectivity index (χ4n) is 2.18. The van der Waals surface area contributed by atoms with Crippen molar-refractivity contribution in [3.05, 3.63) is 0 Å². The molecule has 21 heavy (non-hydrogen) atoms. The lowest BCUT2D eigenvalue weighted by molar-refractivity contribution is -0.130. The normalized spacial score (nSPS) is 11.6. The first-order valence-corrected chi connectivity index (χ1v) is 9.67. The molecule has 0 atom stereocenters. The summed E-state index contributed by atoms with van der Waals surface area (Å²) in [5, 5.41) is 0. The Morgan fingerprint density at radius 3 is 2.10 bits per heavy atom. The smallest absolute Gasteiger partial charge is 0.264 e. The van der Waals surface area contributed by atoms with Gasteiger partial charge in [-0.1, -0.05) is 45.4 Å². The van der Waals surface area contributed by atoms with Crippen molar-refractivity contribution in [3.8, 4) is 0 Å². The van der Waals surface area contributed by atoms with Crippen LogP contribution in [0.4, 0.5) is 0 Å². The second-order valence-electron chi connectivity index (χ2n) is 5.68. The third kappa shape index (κ3) is 14.1. The molecule has 0 aliphatic heterocycles. The minimum atomic E-state index is -3.87. The lowest BCUT2D eigenvalue weighted by Crippen LogP contribution is -2.27. The number of hydrogen-bond donors (Lipinski definition) is 1. The van der Waals surface area contributed by atoms with Crippen LogP contribution in [0, 0.1) is 0 Å². The number of unbranched alkanes of at least 4 members (excludes halogenated alkanes) is 7. The number of carbonyl (C=O) groups excluding carboxylic acids is 1. The van der Waals surface area contributed by atoms with E-state index >= 15 is 0 Å². The Hall–Kier alpha value is -0.620. The Kier molecular flexibility index (Phi) is 11.6. The summed E-state index contributed by atoms with van der Waals surface area (Å²) >= 11 is 0. The molecular weight excluding hydrogens is 290 g/mol.